The molecule has 0 bridgehead atoms. The number of ether oxygens (including phenoxy) is 2. The maximum absolute atomic E-state index is 5.91. The Morgan fingerprint density at radius 2 is 1.53 bits per heavy atom. The molecule has 4 nitrogen and oxygen atoms in total. The van der Waals surface area contributed by atoms with Crippen LogP contribution in [-0.4, -0.2) is 25.9 Å². The predicted octanol–water partition coefficient (Wildman–Crippen LogP) is 7.18. The van der Waals surface area contributed by atoms with Crippen LogP contribution >= 0.6 is 0 Å². The fourth-order valence-electron chi connectivity index (χ4n) is 3.96. The number of likely N-dealkylation sites (N-methyl/N-ethyl adjacent to an activating group) is 1. The van der Waals surface area contributed by atoms with E-state index in [0.29, 0.717) is 0 Å². The van der Waals surface area contributed by atoms with E-state index in [1.165, 1.54) is 22.4 Å². The monoisotopic (exact) mass is 426 g/mol. The van der Waals surface area contributed by atoms with Crippen molar-refractivity contribution in [2.24, 2.45) is 4.99 Å². The number of aryl methyl sites for hydroxylation is 1. The highest BCUT2D eigenvalue weighted by Gasteiger charge is 2.29. The molecule has 1 aliphatic heterocycles. The number of nitrogens with zero attached hydrogens (tertiary/aromatic N) is 2. The third-order valence-corrected chi connectivity index (χ3v) is 6.01. The second kappa shape index (κ2) is 8.54. The van der Waals surface area contributed by atoms with Crippen LogP contribution in [0.2, 0.25) is 0 Å². The van der Waals surface area contributed by atoms with Crippen LogP contribution in [0.3, 0.4) is 0 Å². The third-order valence-electron chi connectivity index (χ3n) is 6.01. The van der Waals surface area contributed by atoms with E-state index in [-0.39, 0.29) is 5.54 Å². The summed E-state index contributed by atoms with van der Waals surface area (Å²) < 4.78 is 11.6. The molecule has 4 rings (SSSR count). The first-order chi connectivity index (χ1) is 15.3. The zero-order valence-corrected chi connectivity index (χ0v) is 19.6. The lowest BCUT2D eigenvalue weighted by atomic mass is 9.88. The molecule has 0 aliphatic carbocycles. The van der Waals surface area contributed by atoms with Gasteiger partial charge in [0.2, 0.25) is 0 Å². The summed E-state index contributed by atoms with van der Waals surface area (Å²) in [5, 5.41) is 0. The molecule has 0 N–H and O–H groups in total. The van der Waals surface area contributed by atoms with Gasteiger partial charge in [-0.05, 0) is 75.7 Å². The summed E-state index contributed by atoms with van der Waals surface area (Å²) >= 11 is 0. The number of hydrogen-bond donors (Lipinski definition) is 0. The van der Waals surface area contributed by atoms with E-state index < -0.39 is 0 Å². The van der Waals surface area contributed by atoms with Crippen molar-refractivity contribution < 1.29 is 9.47 Å². The minimum Gasteiger partial charge on any atom is -0.496 e. The molecular formula is C28H30N2O2. The van der Waals surface area contributed by atoms with Gasteiger partial charge in [0.25, 0.3) is 0 Å². The molecule has 4 heteroatoms. The summed E-state index contributed by atoms with van der Waals surface area (Å²) in [6.45, 7) is 8.65. The lowest BCUT2D eigenvalue weighted by Crippen LogP contribution is -2.42. The van der Waals surface area contributed by atoms with Crippen LogP contribution < -0.4 is 14.4 Å². The lowest BCUT2D eigenvalue weighted by molar-refractivity contribution is 0.414. The summed E-state index contributed by atoms with van der Waals surface area (Å²) in [4.78, 5) is 6.96. The largest absolute Gasteiger partial charge is 0.496 e. The third kappa shape index (κ3) is 4.40. The Balaban J connectivity index is 1.57. The van der Waals surface area contributed by atoms with Gasteiger partial charge in [0.15, 0.2) is 0 Å². The van der Waals surface area contributed by atoms with Gasteiger partial charge in [-0.1, -0.05) is 23.8 Å². The number of benzene rings is 3. The number of anilines is 1. The van der Waals surface area contributed by atoms with Gasteiger partial charge in [-0.2, -0.15) is 0 Å². The van der Waals surface area contributed by atoms with Gasteiger partial charge in [-0.25, -0.2) is 0 Å². The molecule has 0 unspecified atom stereocenters. The van der Waals surface area contributed by atoms with Crippen molar-refractivity contribution in [3.05, 3.63) is 83.4 Å². The Labute approximate surface area is 190 Å². The highest BCUT2D eigenvalue weighted by Crippen LogP contribution is 2.41. The van der Waals surface area contributed by atoms with E-state index >= 15 is 0 Å². The van der Waals surface area contributed by atoms with Crippen molar-refractivity contribution in [3.8, 4) is 17.2 Å². The molecule has 1 aliphatic rings. The van der Waals surface area contributed by atoms with Crippen LogP contribution in [0.15, 0.2) is 71.7 Å². The minimum absolute atomic E-state index is 0.0416. The van der Waals surface area contributed by atoms with Crippen molar-refractivity contribution in [2.45, 2.75) is 33.2 Å². The van der Waals surface area contributed by atoms with Crippen LogP contribution in [0.5, 0.6) is 17.2 Å². The predicted molar refractivity (Wildman–Crippen MR) is 134 cm³/mol. The fourth-order valence-corrected chi connectivity index (χ4v) is 3.96. The average molecular weight is 427 g/mol. The minimum atomic E-state index is -0.0416. The van der Waals surface area contributed by atoms with Crippen molar-refractivity contribution >= 4 is 23.2 Å². The van der Waals surface area contributed by atoms with Crippen LogP contribution in [0, 0.1) is 6.92 Å². The first-order valence-electron chi connectivity index (χ1n) is 10.8. The topological polar surface area (TPSA) is 34.1 Å². The Morgan fingerprint density at radius 3 is 2.16 bits per heavy atom. The van der Waals surface area contributed by atoms with Crippen LogP contribution in [0.1, 0.15) is 37.5 Å². The molecule has 0 spiro atoms. The summed E-state index contributed by atoms with van der Waals surface area (Å²) in [6, 6.07) is 20.0. The number of rotatable bonds is 5. The number of aliphatic imine (C=N–C) groups is 1. The van der Waals surface area contributed by atoms with E-state index in [9.17, 15) is 0 Å². The Kier molecular flexibility index (Phi) is 5.79. The summed E-state index contributed by atoms with van der Waals surface area (Å²) in [6.07, 6.45) is 4.16. The quantitative estimate of drug-likeness (QED) is 0.405. The summed E-state index contributed by atoms with van der Waals surface area (Å²) in [7, 11) is 3.82. The van der Waals surface area contributed by atoms with Gasteiger partial charge in [0, 0.05) is 36.1 Å². The Morgan fingerprint density at radius 1 is 0.906 bits per heavy atom. The molecule has 1 heterocycles. The first-order valence-corrected chi connectivity index (χ1v) is 10.8. The highest BCUT2D eigenvalue weighted by molar-refractivity contribution is 5.91. The molecule has 0 atom stereocenters. The van der Waals surface area contributed by atoms with Gasteiger partial charge in [0.1, 0.15) is 17.2 Å². The van der Waals surface area contributed by atoms with E-state index in [4.69, 9.17) is 9.47 Å². The molecule has 32 heavy (non-hydrogen) atoms. The van der Waals surface area contributed by atoms with Crippen LogP contribution in [0.25, 0.3) is 5.57 Å². The highest BCUT2D eigenvalue weighted by atomic mass is 16.5. The SMILES string of the molecule is COc1cc2c(cc1C=Nc1ccc(Oc3ccc(C)cc3)cc1)C(C)=CC(C)(C)N2C. The molecule has 3 aromatic carbocycles. The van der Waals surface area contributed by atoms with Crippen molar-refractivity contribution in [1.29, 1.82) is 0 Å². The molecule has 3 aromatic rings. The second-order valence-corrected chi connectivity index (χ2v) is 8.82. The molecule has 0 aromatic heterocycles. The first kappa shape index (κ1) is 21.7. The Bertz CT molecular complexity index is 1170. The van der Waals surface area contributed by atoms with Gasteiger partial charge in [-0.3, -0.25) is 4.99 Å². The number of hydrogen-bond acceptors (Lipinski definition) is 4. The smallest absolute Gasteiger partial charge is 0.129 e. The van der Waals surface area contributed by atoms with Gasteiger partial charge < -0.3 is 14.4 Å². The van der Waals surface area contributed by atoms with Gasteiger partial charge >= 0.3 is 0 Å². The molecule has 0 saturated heterocycles. The summed E-state index contributed by atoms with van der Waals surface area (Å²) in [5.41, 5.74) is 6.61. The van der Waals surface area contributed by atoms with Crippen LogP contribution in [-0.2, 0) is 0 Å². The van der Waals surface area contributed by atoms with E-state index in [1.54, 1.807) is 7.11 Å². The normalized spacial score (nSPS) is 14.8. The zero-order valence-electron chi connectivity index (χ0n) is 19.6. The molecule has 0 radical (unpaired) electrons. The van der Waals surface area contributed by atoms with Gasteiger partial charge in [-0.15, -0.1) is 0 Å². The van der Waals surface area contributed by atoms with Crippen LogP contribution in [0.4, 0.5) is 11.4 Å². The number of allylic oxidation sites excluding steroid dienone is 1. The summed E-state index contributed by atoms with van der Waals surface area (Å²) in [5.74, 6) is 2.41. The maximum Gasteiger partial charge on any atom is 0.129 e. The van der Waals surface area contributed by atoms with E-state index in [2.05, 4.69) is 62.8 Å². The Hall–Kier alpha value is -3.53. The fraction of sp³-hybridized carbons (Fsp3) is 0.250. The molecule has 0 fully saturated rings. The number of methoxy groups -OCH3 is 1. The molecular weight excluding hydrogens is 396 g/mol. The van der Waals surface area contributed by atoms with Gasteiger partial charge in [0.05, 0.1) is 18.3 Å². The second-order valence-electron chi connectivity index (χ2n) is 8.82. The van der Waals surface area contributed by atoms with E-state index in [1.807, 2.05) is 54.7 Å². The molecule has 0 saturated carbocycles. The molecule has 164 valence electrons. The van der Waals surface area contributed by atoms with Crippen molar-refractivity contribution in [3.63, 3.8) is 0 Å². The number of fused-ring (bicyclic) bond motifs is 1. The van der Waals surface area contributed by atoms with Crippen molar-refractivity contribution in [1.82, 2.24) is 0 Å². The lowest BCUT2D eigenvalue weighted by Gasteiger charge is -2.40. The van der Waals surface area contributed by atoms with E-state index in [0.717, 1.165) is 28.5 Å². The standard InChI is InChI=1S/C28H30N2O2/c1-19-7-11-23(12-8-19)32-24-13-9-22(10-14-24)29-18-21-15-25-20(2)17-28(3,4)30(5)26(25)16-27(21)31-6/h7-18H,1-6H3. The maximum atomic E-state index is 5.91. The molecule has 0 amide bonds. The average Bonchev–Trinajstić information content (AvgIpc) is 2.78. The zero-order chi connectivity index (χ0) is 22.9. The van der Waals surface area contributed by atoms with Crippen molar-refractivity contribution in [2.75, 3.05) is 19.1 Å².